The molecule has 0 bridgehead atoms. The van der Waals surface area contributed by atoms with Gasteiger partial charge in [0.15, 0.2) is 0 Å². The molecule has 2 aromatic rings. The lowest BCUT2D eigenvalue weighted by Gasteiger charge is -2.43. The largest absolute Gasteiger partial charge is 0.460 e. The summed E-state index contributed by atoms with van der Waals surface area (Å²) in [6, 6.07) is 1.62. The maximum absolute atomic E-state index is 14.6. The van der Waals surface area contributed by atoms with Crippen LogP contribution >= 0.6 is 0 Å². The molecule has 0 radical (unpaired) electrons. The molecule has 0 aliphatic carbocycles. The summed E-state index contributed by atoms with van der Waals surface area (Å²) in [6.45, 7) is -3.60. The minimum absolute atomic E-state index is 0.313. The molecule has 2 aromatic carbocycles. The number of nitrogens with zero attached hydrogens (tertiary/aromatic N) is 2. The van der Waals surface area contributed by atoms with E-state index in [0.29, 0.717) is 24.3 Å². The quantitative estimate of drug-likeness (QED) is 0.0978. The summed E-state index contributed by atoms with van der Waals surface area (Å²) >= 11 is 0. The molecule has 0 spiro atoms. The zero-order chi connectivity index (χ0) is 60.0. The fraction of sp³-hybridized carbons (Fsp3) is 0.611. The second-order valence-corrected chi connectivity index (χ2v) is 16.1. The summed E-state index contributed by atoms with van der Waals surface area (Å²) in [5.41, 5.74) is -3.96. The fourth-order valence-electron chi connectivity index (χ4n) is 7.01. The van der Waals surface area contributed by atoms with Crippen LogP contribution in [0.3, 0.4) is 0 Å². The van der Waals surface area contributed by atoms with Gasteiger partial charge < -0.3 is 0 Å². The Balaban J connectivity index is 1.57. The second-order valence-electron chi connectivity index (χ2n) is 16.1. The lowest BCUT2D eigenvalue weighted by molar-refractivity contribution is -0.461. The molecule has 2 aliphatic rings. The normalized spacial score (nSPS) is 17.2. The smallest absolute Gasteiger partial charge is 0.274 e. The summed E-state index contributed by atoms with van der Waals surface area (Å²) in [5.74, 6) is -125. The van der Waals surface area contributed by atoms with Crippen LogP contribution in [0.15, 0.2) is 24.3 Å². The van der Waals surface area contributed by atoms with Crippen molar-refractivity contribution in [2.45, 2.75) is 121 Å². The van der Waals surface area contributed by atoms with Crippen LogP contribution in [0.5, 0.6) is 0 Å². The van der Waals surface area contributed by atoms with Crippen LogP contribution in [0.4, 0.5) is 149 Å². The van der Waals surface area contributed by atoms with Crippen molar-refractivity contribution in [2.75, 3.05) is 13.1 Å². The first-order valence-corrected chi connectivity index (χ1v) is 19.0. The molecule has 40 heteroatoms. The Bertz CT molecular complexity index is 2420. The Hall–Kier alpha value is -5.40. The predicted molar refractivity (Wildman–Crippen MR) is 175 cm³/mol. The number of rotatable bonds is 20. The first kappa shape index (κ1) is 63.1. The van der Waals surface area contributed by atoms with Crippen molar-refractivity contribution in [1.82, 2.24) is 9.80 Å². The molecule has 4 rings (SSSR count). The maximum Gasteiger partial charge on any atom is 0.460 e. The van der Waals surface area contributed by atoms with Gasteiger partial charge in [0.25, 0.3) is 23.6 Å². The van der Waals surface area contributed by atoms with Gasteiger partial charge in [-0.2, -0.15) is 149 Å². The van der Waals surface area contributed by atoms with E-state index < -0.39 is 191 Å². The van der Waals surface area contributed by atoms with E-state index >= 15 is 0 Å². The minimum Gasteiger partial charge on any atom is -0.274 e. The molecule has 0 fully saturated rings. The van der Waals surface area contributed by atoms with Gasteiger partial charge in [0.1, 0.15) is 0 Å². The number of carbonyl (C=O) groups excluding carboxylic acids is 4. The lowest BCUT2D eigenvalue weighted by Crippen LogP contribution is -2.74. The molecule has 0 N–H and O–H groups in total. The highest BCUT2D eigenvalue weighted by atomic mass is 19.4. The van der Waals surface area contributed by atoms with E-state index in [1.165, 1.54) is 0 Å². The van der Waals surface area contributed by atoms with Gasteiger partial charge in [-0.05, 0) is 37.1 Å². The van der Waals surface area contributed by atoms with E-state index in [2.05, 4.69) is 0 Å². The molecule has 4 amide bonds. The Labute approximate surface area is 393 Å². The Kier molecular flexibility index (Phi) is 14.6. The molecule has 76 heavy (non-hydrogen) atoms. The number of amides is 4. The van der Waals surface area contributed by atoms with E-state index in [-0.39, 0.29) is 9.80 Å². The molecular formula is C36H16F34N2O4. The van der Waals surface area contributed by atoms with Crippen LogP contribution in [0, 0.1) is 0 Å². The van der Waals surface area contributed by atoms with Gasteiger partial charge in [-0.3, -0.25) is 29.0 Å². The van der Waals surface area contributed by atoms with Crippen LogP contribution < -0.4 is 0 Å². The van der Waals surface area contributed by atoms with E-state index in [1.807, 2.05) is 0 Å². The summed E-state index contributed by atoms with van der Waals surface area (Å²) < 4.78 is 465. The molecule has 0 atom stereocenters. The van der Waals surface area contributed by atoms with Gasteiger partial charge in [-0.15, -0.1) is 0 Å². The van der Waals surface area contributed by atoms with Crippen LogP contribution in [0.2, 0.25) is 0 Å². The van der Waals surface area contributed by atoms with Gasteiger partial charge in [-0.1, -0.05) is 0 Å². The zero-order valence-corrected chi connectivity index (χ0v) is 34.9. The van der Waals surface area contributed by atoms with E-state index in [0.717, 1.165) is 0 Å². The van der Waals surface area contributed by atoms with Crippen LogP contribution in [0.1, 0.15) is 67.1 Å². The Morgan fingerprint density at radius 1 is 0.263 bits per heavy atom. The van der Waals surface area contributed by atoms with Crippen molar-refractivity contribution in [2.24, 2.45) is 0 Å². The number of halogens is 34. The molecule has 0 unspecified atom stereocenters. The number of imide groups is 2. The summed E-state index contributed by atoms with van der Waals surface area (Å²) in [7, 11) is 0. The third-order valence-electron chi connectivity index (χ3n) is 11.4. The molecule has 6 nitrogen and oxygen atoms in total. The Morgan fingerprint density at radius 2 is 0.434 bits per heavy atom. The van der Waals surface area contributed by atoms with Crippen molar-refractivity contribution in [3.63, 3.8) is 0 Å². The fourth-order valence-corrected chi connectivity index (χ4v) is 7.01. The first-order chi connectivity index (χ1) is 33.3. The van der Waals surface area contributed by atoms with Gasteiger partial charge >= 0.3 is 95.3 Å². The molecule has 0 saturated heterocycles. The Morgan fingerprint density at radius 3 is 0.618 bits per heavy atom. The van der Waals surface area contributed by atoms with Crippen molar-refractivity contribution >= 4 is 34.4 Å². The number of hydrogen-bond acceptors (Lipinski definition) is 4. The maximum atomic E-state index is 14.6. The third-order valence-corrected chi connectivity index (χ3v) is 11.4. The van der Waals surface area contributed by atoms with Crippen LogP contribution in [0.25, 0.3) is 10.8 Å². The van der Waals surface area contributed by atoms with E-state index in [9.17, 15) is 168 Å². The molecule has 432 valence electrons. The standard InChI is InChI=1S/C36H16F34N2O4/c37-21(38,23(41,42)25(45,46)27(49,50)29(53,54)31(57,58)33(61,62)35(65,66)67)7-1-9-71-17(73)11-3-5-13-16-14(6-4-12(15(11)16)18(71)74)20(76)72(19(13)75)10-2-8-22(39,40)24(43,44)26(47,48)28(51,52)30(55,56)32(59,60)34(63,64)36(68,69)70/h3-6H,1-2,7-10H2. The van der Waals surface area contributed by atoms with Crippen molar-refractivity contribution in [3.05, 3.63) is 46.5 Å². The predicted octanol–water partition coefficient (Wildman–Crippen LogP) is 13.6. The SMILES string of the molecule is O=C1c2ccc3c4c(ccc(c24)C(=O)N1CCCC(F)(F)C(F)(F)C(F)(F)C(F)(F)C(F)(F)C(F)(F)C(F)(F)C(F)(F)F)C(=O)N(CCCC(F)(F)C(F)(F)C(F)(F)C(F)(F)C(F)(F)C(F)(F)C(F)(F)C(F)(F)F)C3=O. The lowest BCUT2D eigenvalue weighted by atomic mass is 9.85. The highest BCUT2D eigenvalue weighted by molar-refractivity contribution is 6.33. The summed E-state index contributed by atoms with van der Waals surface area (Å²) in [4.78, 5) is 52.5. The van der Waals surface area contributed by atoms with Gasteiger partial charge in [0.2, 0.25) is 0 Å². The van der Waals surface area contributed by atoms with Gasteiger partial charge in [0.05, 0.1) is 0 Å². The van der Waals surface area contributed by atoms with Crippen molar-refractivity contribution in [1.29, 1.82) is 0 Å². The number of benzene rings is 2. The van der Waals surface area contributed by atoms with Crippen LogP contribution in [-0.2, 0) is 0 Å². The number of hydrogen-bond donors (Lipinski definition) is 0. The van der Waals surface area contributed by atoms with Gasteiger partial charge in [0, 0.05) is 59.0 Å². The van der Waals surface area contributed by atoms with Crippen molar-refractivity contribution in [3.8, 4) is 0 Å². The van der Waals surface area contributed by atoms with E-state index in [4.69, 9.17) is 0 Å². The minimum atomic E-state index is -8.95. The monoisotopic (exact) mass is 1190 g/mol. The van der Waals surface area contributed by atoms with Gasteiger partial charge in [-0.25, -0.2) is 0 Å². The average Bonchev–Trinajstić information content (AvgIpc) is 3.25. The van der Waals surface area contributed by atoms with Crippen LogP contribution in [-0.4, -0.2) is 142 Å². The molecule has 0 aromatic heterocycles. The average molecular weight is 1190 g/mol. The molecule has 2 aliphatic heterocycles. The highest BCUT2D eigenvalue weighted by Crippen LogP contribution is 2.66. The molecule has 0 saturated carbocycles. The first-order valence-electron chi connectivity index (χ1n) is 19.0. The summed E-state index contributed by atoms with van der Waals surface area (Å²) in [6.07, 6.45) is -26.4. The number of alkyl halides is 34. The topological polar surface area (TPSA) is 74.8 Å². The highest BCUT2D eigenvalue weighted by Gasteiger charge is 2.97. The zero-order valence-electron chi connectivity index (χ0n) is 34.9. The molecular weight excluding hydrogens is 1170 g/mol. The molecule has 2 heterocycles. The third kappa shape index (κ3) is 8.11. The summed E-state index contributed by atoms with van der Waals surface area (Å²) in [5, 5.41) is -1.75. The second kappa shape index (κ2) is 17.6. The number of carbonyl (C=O) groups is 4. The van der Waals surface area contributed by atoms with Crippen molar-refractivity contribution < 1.29 is 168 Å². The van der Waals surface area contributed by atoms with E-state index in [1.54, 1.807) is 0 Å².